The normalized spacial score (nSPS) is 14.2. The van der Waals surface area contributed by atoms with Gasteiger partial charge in [-0.1, -0.05) is 15.9 Å². The van der Waals surface area contributed by atoms with Gasteiger partial charge < -0.3 is 10.6 Å². The van der Waals surface area contributed by atoms with Gasteiger partial charge >= 0.3 is 0 Å². The summed E-state index contributed by atoms with van der Waals surface area (Å²) in [4.78, 5) is 17.6. The van der Waals surface area contributed by atoms with Crippen molar-refractivity contribution in [2.24, 2.45) is 0 Å². The number of carbonyl (C=O) groups excluding carboxylic acids is 1. The van der Waals surface area contributed by atoms with Gasteiger partial charge in [0.15, 0.2) is 0 Å². The predicted molar refractivity (Wildman–Crippen MR) is 97.0 cm³/mol. The minimum Gasteiger partial charge on any atom is -0.352 e. The number of carbonyl (C=O) groups is 1. The zero-order valence-electron chi connectivity index (χ0n) is 13.6. The highest BCUT2D eigenvalue weighted by atomic mass is 79.9. The number of nitrogens with zero attached hydrogens (tertiary/aromatic N) is 1. The first-order chi connectivity index (χ1) is 11.1. The molecule has 122 valence electrons. The Balaban J connectivity index is 2.00. The summed E-state index contributed by atoms with van der Waals surface area (Å²) in [6.07, 6.45) is 3.28. The molecule has 0 aliphatic heterocycles. The topological polar surface area (TPSA) is 54.0 Å². The summed E-state index contributed by atoms with van der Waals surface area (Å²) in [5.41, 5.74) is 3.81. The van der Waals surface area contributed by atoms with Crippen molar-refractivity contribution in [1.82, 2.24) is 15.6 Å². The zero-order chi connectivity index (χ0) is 16.4. The summed E-state index contributed by atoms with van der Waals surface area (Å²) in [6.45, 7) is 3.61. The zero-order valence-corrected chi connectivity index (χ0v) is 15.2. The Bertz CT molecular complexity index is 741. The number of hydrogen-bond acceptors (Lipinski definition) is 3. The van der Waals surface area contributed by atoms with Gasteiger partial charge in [-0.05, 0) is 63.5 Å². The van der Waals surface area contributed by atoms with E-state index in [0.717, 1.165) is 45.2 Å². The average molecular weight is 376 g/mol. The Morgan fingerprint density at radius 1 is 1.35 bits per heavy atom. The Morgan fingerprint density at radius 3 is 2.83 bits per heavy atom. The van der Waals surface area contributed by atoms with Gasteiger partial charge in [0.2, 0.25) is 0 Å². The van der Waals surface area contributed by atoms with Crippen LogP contribution < -0.4 is 10.6 Å². The number of pyridine rings is 1. The standard InChI is InChI=1S/C18H22BrN3O/c1-11-16(18(23)21-9-3-8-20-2)14-10-13(19)6-7-15(14)22-17(11)12-4-5-12/h6-7,10,12,20H,3-5,8-9H2,1-2H3,(H,21,23). The van der Waals surface area contributed by atoms with E-state index in [4.69, 9.17) is 4.98 Å². The van der Waals surface area contributed by atoms with Gasteiger partial charge in [0.25, 0.3) is 5.91 Å². The second-order valence-electron chi connectivity index (χ2n) is 6.15. The van der Waals surface area contributed by atoms with Gasteiger partial charge in [0.1, 0.15) is 0 Å². The van der Waals surface area contributed by atoms with Gasteiger partial charge in [0, 0.05) is 28.0 Å². The molecule has 1 aromatic carbocycles. The summed E-state index contributed by atoms with van der Waals surface area (Å²) in [5, 5.41) is 7.07. The monoisotopic (exact) mass is 375 g/mol. The fraction of sp³-hybridized carbons (Fsp3) is 0.444. The molecule has 0 spiro atoms. The lowest BCUT2D eigenvalue weighted by Gasteiger charge is -2.14. The first-order valence-electron chi connectivity index (χ1n) is 8.14. The molecule has 1 fully saturated rings. The quantitative estimate of drug-likeness (QED) is 0.759. The molecular weight excluding hydrogens is 354 g/mol. The second-order valence-corrected chi connectivity index (χ2v) is 7.06. The Kier molecular flexibility index (Phi) is 4.97. The Morgan fingerprint density at radius 2 is 2.13 bits per heavy atom. The minimum absolute atomic E-state index is 0.00556. The molecule has 0 saturated heterocycles. The second kappa shape index (κ2) is 6.97. The molecule has 1 aromatic heterocycles. The van der Waals surface area contributed by atoms with Crippen LogP contribution in [0.2, 0.25) is 0 Å². The van der Waals surface area contributed by atoms with Crippen molar-refractivity contribution in [2.45, 2.75) is 32.1 Å². The lowest BCUT2D eigenvalue weighted by molar-refractivity contribution is 0.0954. The molecule has 0 unspecified atom stereocenters. The maximum Gasteiger partial charge on any atom is 0.252 e. The van der Waals surface area contributed by atoms with E-state index in [1.807, 2.05) is 32.2 Å². The highest BCUT2D eigenvalue weighted by molar-refractivity contribution is 9.10. The van der Waals surface area contributed by atoms with Crippen molar-refractivity contribution >= 4 is 32.7 Å². The van der Waals surface area contributed by atoms with E-state index < -0.39 is 0 Å². The van der Waals surface area contributed by atoms with E-state index in [1.165, 1.54) is 12.8 Å². The van der Waals surface area contributed by atoms with Gasteiger partial charge in [-0.2, -0.15) is 0 Å². The van der Waals surface area contributed by atoms with Crippen molar-refractivity contribution in [3.8, 4) is 0 Å². The van der Waals surface area contributed by atoms with E-state index >= 15 is 0 Å². The van der Waals surface area contributed by atoms with Crippen LogP contribution in [-0.4, -0.2) is 31.0 Å². The molecule has 1 saturated carbocycles. The summed E-state index contributed by atoms with van der Waals surface area (Å²) < 4.78 is 0.967. The van der Waals surface area contributed by atoms with Crippen molar-refractivity contribution in [1.29, 1.82) is 0 Å². The largest absolute Gasteiger partial charge is 0.352 e. The van der Waals surface area contributed by atoms with Crippen LogP contribution in [0.25, 0.3) is 10.9 Å². The number of aromatic nitrogens is 1. The predicted octanol–water partition coefficient (Wildman–Crippen LogP) is 3.52. The lowest BCUT2D eigenvalue weighted by Crippen LogP contribution is -2.27. The fourth-order valence-corrected chi connectivity index (χ4v) is 3.31. The summed E-state index contributed by atoms with van der Waals surface area (Å²) in [5.74, 6) is 0.532. The third kappa shape index (κ3) is 3.56. The number of hydrogen-bond donors (Lipinski definition) is 2. The highest BCUT2D eigenvalue weighted by Gasteiger charge is 2.29. The molecule has 1 aliphatic rings. The first-order valence-corrected chi connectivity index (χ1v) is 8.93. The Labute approximate surface area is 145 Å². The molecule has 1 amide bonds. The average Bonchev–Trinajstić information content (AvgIpc) is 3.35. The lowest BCUT2D eigenvalue weighted by atomic mass is 9.98. The molecule has 1 heterocycles. The molecule has 2 aromatic rings. The van der Waals surface area contributed by atoms with Crippen LogP contribution in [0.4, 0.5) is 0 Å². The van der Waals surface area contributed by atoms with Crippen molar-refractivity contribution in [3.63, 3.8) is 0 Å². The summed E-state index contributed by atoms with van der Waals surface area (Å²) in [6, 6.07) is 5.97. The van der Waals surface area contributed by atoms with E-state index in [1.54, 1.807) is 0 Å². The van der Waals surface area contributed by atoms with Crippen LogP contribution >= 0.6 is 15.9 Å². The van der Waals surface area contributed by atoms with Crippen LogP contribution in [-0.2, 0) is 0 Å². The first kappa shape index (κ1) is 16.4. The van der Waals surface area contributed by atoms with Crippen LogP contribution in [0.3, 0.4) is 0 Å². The molecule has 2 N–H and O–H groups in total. The van der Waals surface area contributed by atoms with Crippen molar-refractivity contribution < 1.29 is 4.79 Å². The van der Waals surface area contributed by atoms with Crippen LogP contribution in [0, 0.1) is 6.92 Å². The fourth-order valence-electron chi connectivity index (χ4n) is 2.95. The number of benzene rings is 1. The Hall–Kier alpha value is -1.46. The van der Waals surface area contributed by atoms with Crippen molar-refractivity contribution in [2.75, 3.05) is 20.1 Å². The molecule has 0 atom stereocenters. The number of amides is 1. The maximum absolute atomic E-state index is 12.8. The van der Waals surface area contributed by atoms with E-state index in [2.05, 4.69) is 26.6 Å². The molecular formula is C18H22BrN3O. The SMILES string of the molecule is CNCCCNC(=O)c1c(C)c(C2CC2)nc2ccc(Br)cc12. The highest BCUT2D eigenvalue weighted by Crippen LogP contribution is 2.42. The third-order valence-electron chi connectivity index (χ3n) is 4.31. The van der Waals surface area contributed by atoms with E-state index in [-0.39, 0.29) is 5.91 Å². The van der Waals surface area contributed by atoms with Gasteiger partial charge in [-0.3, -0.25) is 9.78 Å². The number of halogens is 1. The summed E-state index contributed by atoms with van der Waals surface area (Å²) in [7, 11) is 1.92. The van der Waals surface area contributed by atoms with Crippen LogP contribution in [0.1, 0.15) is 46.8 Å². The van der Waals surface area contributed by atoms with Crippen molar-refractivity contribution in [3.05, 3.63) is 39.5 Å². The minimum atomic E-state index is 0.00556. The molecule has 1 aliphatic carbocycles. The van der Waals surface area contributed by atoms with Crippen LogP contribution in [0.5, 0.6) is 0 Å². The molecule has 5 heteroatoms. The third-order valence-corrected chi connectivity index (χ3v) is 4.80. The van der Waals surface area contributed by atoms with Gasteiger partial charge in [-0.25, -0.2) is 0 Å². The van der Waals surface area contributed by atoms with E-state index in [0.29, 0.717) is 12.5 Å². The molecule has 3 rings (SSSR count). The number of fused-ring (bicyclic) bond motifs is 1. The molecule has 0 bridgehead atoms. The molecule has 0 radical (unpaired) electrons. The summed E-state index contributed by atoms with van der Waals surface area (Å²) >= 11 is 3.51. The number of rotatable bonds is 6. The molecule has 23 heavy (non-hydrogen) atoms. The van der Waals surface area contributed by atoms with Gasteiger partial charge in [-0.15, -0.1) is 0 Å². The molecule has 4 nitrogen and oxygen atoms in total. The maximum atomic E-state index is 12.8. The van der Waals surface area contributed by atoms with Gasteiger partial charge in [0.05, 0.1) is 11.1 Å². The van der Waals surface area contributed by atoms with Crippen LogP contribution in [0.15, 0.2) is 22.7 Å². The smallest absolute Gasteiger partial charge is 0.252 e. The van der Waals surface area contributed by atoms with E-state index in [9.17, 15) is 4.79 Å². The number of nitrogens with one attached hydrogen (secondary N) is 2.